The molecule has 0 aliphatic carbocycles. The average molecular weight is 486 g/mol. The Morgan fingerprint density at radius 3 is 2.82 bits per heavy atom. The van der Waals surface area contributed by atoms with Crippen LogP contribution >= 0.6 is 11.3 Å². The van der Waals surface area contributed by atoms with Gasteiger partial charge in [0.15, 0.2) is 5.13 Å². The number of nitrogens with zero attached hydrogens (tertiary/aromatic N) is 4. The summed E-state index contributed by atoms with van der Waals surface area (Å²) in [5, 5.41) is 3.50. The van der Waals surface area contributed by atoms with Gasteiger partial charge in [0.2, 0.25) is 0 Å². The van der Waals surface area contributed by atoms with Gasteiger partial charge in [-0.15, -0.1) is 0 Å². The first-order valence-corrected chi connectivity index (χ1v) is 12.2. The third-order valence-electron chi connectivity index (χ3n) is 5.80. The molecule has 9 nitrogen and oxygen atoms in total. The van der Waals surface area contributed by atoms with Crippen molar-refractivity contribution in [1.29, 1.82) is 0 Å². The van der Waals surface area contributed by atoms with E-state index < -0.39 is 0 Å². The fourth-order valence-corrected chi connectivity index (χ4v) is 4.93. The Morgan fingerprint density at radius 2 is 2.09 bits per heavy atom. The molecule has 1 N–H and O–H groups in total. The van der Waals surface area contributed by atoms with Crippen LogP contribution in [0.5, 0.6) is 5.75 Å². The largest absolute Gasteiger partial charge is 0.494 e. The van der Waals surface area contributed by atoms with Gasteiger partial charge in [-0.2, -0.15) is 0 Å². The fraction of sp³-hybridized carbons (Fsp3) is 0.458. The van der Waals surface area contributed by atoms with E-state index in [4.69, 9.17) is 14.2 Å². The van der Waals surface area contributed by atoms with Crippen LogP contribution in [0.15, 0.2) is 30.5 Å². The molecule has 0 spiro atoms. The first-order chi connectivity index (χ1) is 16.6. The molecule has 2 aromatic heterocycles. The predicted octanol–water partition coefficient (Wildman–Crippen LogP) is 3.26. The molecule has 182 valence electrons. The molecule has 1 amide bonds. The Hall–Kier alpha value is -2.79. The second kappa shape index (κ2) is 11.6. The average Bonchev–Trinajstić information content (AvgIpc) is 3.30. The highest BCUT2D eigenvalue weighted by Crippen LogP contribution is 2.39. The van der Waals surface area contributed by atoms with E-state index in [1.165, 1.54) is 11.3 Å². The van der Waals surface area contributed by atoms with Crippen LogP contribution in [0.1, 0.15) is 23.0 Å². The molecule has 1 aromatic carbocycles. The lowest BCUT2D eigenvalue weighted by atomic mass is 10.2. The van der Waals surface area contributed by atoms with Crippen molar-refractivity contribution in [3.63, 3.8) is 0 Å². The molecule has 1 aliphatic rings. The highest BCUT2D eigenvalue weighted by molar-refractivity contribution is 7.23. The van der Waals surface area contributed by atoms with Crippen molar-refractivity contribution in [2.24, 2.45) is 0 Å². The highest BCUT2D eigenvalue weighted by Gasteiger charge is 2.20. The quantitative estimate of drug-likeness (QED) is 0.468. The van der Waals surface area contributed by atoms with Crippen LogP contribution in [0.3, 0.4) is 0 Å². The normalized spacial score (nSPS) is 14.1. The first-order valence-electron chi connectivity index (χ1n) is 11.4. The third-order valence-corrected chi connectivity index (χ3v) is 6.79. The van der Waals surface area contributed by atoms with Gasteiger partial charge in [0, 0.05) is 45.0 Å². The predicted molar refractivity (Wildman–Crippen MR) is 134 cm³/mol. The summed E-state index contributed by atoms with van der Waals surface area (Å²) in [5.74, 6) is 0.472. The molecule has 1 saturated heterocycles. The van der Waals surface area contributed by atoms with E-state index in [0.717, 1.165) is 47.8 Å². The molecule has 3 heterocycles. The molecular formula is C24H31N5O4S. The summed E-state index contributed by atoms with van der Waals surface area (Å²) >= 11 is 1.45. The van der Waals surface area contributed by atoms with Gasteiger partial charge in [-0.25, -0.2) is 4.98 Å². The van der Waals surface area contributed by atoms with Gasteiger partial charge in [-0.05, 0) is 30.8 Å². The molecule has 34 heavy (non-hydrogen) atoms. The smallest absolute Gasteiger partial charge is 0.257 e. The number of hydrogen-bond acceptors (Lipinski definition) is 9. The van der Waals surface area contributed by atoms with Crippen molar-refractivity contribution in [2.75, 3.05) is 70.4 Å². The van der Waals surface area contributed by atoms with Crippen molar-refractivity contribution in [3.05, 3.63) is 41.7 Å². The number of anilines is 2. The molecule has 3 aromatic rings. The molecular weight excluding hydrogens is 454 g/mol. The van der Waals surface area contributed by atoms with Crippen LogP contribution in [0.4, 0.5) is 10.8 Å². The minimum atomic E-state index is -0.213. The number of methoxy groups -OCH3 is 2. The van der Waals surface area contributed by atoms with Crippen LogP contribution < -0.4 is 15.0 Å². The number of amides is 1. The monoisotopic (exact) mass is 485 g/mol. The number of thiazole rings is 1. The number of nitrogens with one attached hydrogen (secondary N) is 1. The van der Waals surface area contributed by atoms with Crippen LogP contribution in [0, 0.1) is 0 Å². The lowest BCUT2D eigenvalue weighted by Gasteiger charge is -2.29. The Kier molecular flexibility index (Phi) is 8.28. The number of morpholine rings is 1. The van der Waals surface area contributed by atoms with Crippen LogP contribution in [0.25, 0.3) is 10.2 Å². The van der Waals surface area contributed by atoms with Crippen molar-refractivity contribution >= 4 is 38.3 Å². The minimum Gasteiger partial charge on any atom is -0.494 e. The minimum absolute atomic E-state index is 0.213. The second-order valence-corrected chi connectivity index (χ2v) is 8.93. The summed E-state index contributed by atoms with van der Waals surface area (Å²) in [6.07, 6.45) is 1.67. The van der Waals surface area contributed by atoms with Gasteiger partial charge in [-0.1, -0.05) is 18.3 Å². The van der Waals surface area contributed by atoms with E-state index in [1.54, 1.807) is 26.5 Å². The summed E-state index contributed by atoms with van der Waals surface area (Å²) in [6, 6.07) is 7.53. The van der Waals surface area contributed by atoms with Crippen LogP contribution in [-0.4, -0.2) is 81.0 Å². The Balaban J connectivity index is 1.54. The summed E-state index contributed by atoms with van der Waals surface area (Å²) in [5.41, 5.74) is 3.22. The summed E-state index contributed by atoms with van der Waals surface area (Å²) in [6.45, 7) is 8.12. The molecule has 0 unspecified atom stereocenters. The number of benzene rings is 1. The number of carbonyl (C=O) groups excluding carboxylic acids is 1. The topological polar surface area (TPSA) is 89.0 Å². The number of fused-ring (bicyclic) bond motifs is 1. The molecule has 0 radical (unpaired) electrons. The Labute approximate surface area is 203 Å². The molecule has 10 heteroatoms. The maximum Gasteiger partial charge on any atom is 0.257 e. The van der Waals surface area contributed by atoms with Gasteiger partial charge in [0.05, 0.1) is 43.0 Å². The molecule has 1 aliphatic heterocycles. The molecule has 0 saturated carbocycles. The number of likely N-dealkylation sites (N-methyl/N-ethyl adjacent to an activating group) is 1. The molecule has 0 atom stereocenters. The number of pyridine rings is 1. The van der Waals surface area contributed by atoms with Crippen molar-refractivity contribution < 1.29 is 19.0 Å². The zero-order valence-corrected chi connectivity index (χ0v) is 20.7. The van der Waals surface area contributed by atoms with Gasteiger partial charge < -0.3 is 19.1 Å². The van der Waals surface area contributed by atoms with E-state index in [9.17, 15) is 4.79 Å². The second-order valence-electron chi connectivity index (χ2n) is 7.93. The van der Waals surface area contributed by atoms with E-state index in [-0.39, 0.29) is 5.91 Å². The lowest BCUT2D eigenvalue weighted by Crippen LogP contribution is -2.36. The zero-order chi connectivity index (χ0) is 23.9. The zero-order valence-electron chi connectivity index (χ0n) is 19.9. The van der Waals surface area contributed by atoms with Gasteiger partial charge >= 0.3 is 0 Å². The Morgan fingerprint density at radius 1 is 1.26 bits per heavy atom. The number of carbonyl (C=O) groups is 1. The first kappa shape index (κ1) is 24.3. The maximum atomic E-state index is 13.0. The highest BCUT2D eigenvalue weighted by atomic mass is 32.1. The Bertz CT molecular complexity index is 1120. The molecule has 4 rings (SSSR count). The van der Waals surface area contributed by atoms with E-state index in [0.29, 0.717) is 42.8 Å². The van der Waals surface area contributed by atoms with Gasteiger partial charge in [-0.3, -0.25) is 20.0 Å². The van der Waals surface area contributed by atoms with Crippen molar-refractivity contribution in [3.8, 4) is 5.75 Å². The van der Waals surface area contributed by atoms with Crippen molar-refractivity contribution in [2.45, 2.75) is 13.5 Å². The molecule has 0 bridgehead atoms. The fourth-order valence-electron chi connectivity index (χ4n) is 3.92. The van der Waals surface area contributed by atoms with Crippen LogP contribution in [0.2, 0.25) is 0 Å². The van der Waals surface area contributed by atoms with Crippen molar-refractivity contribution in [1.82, 2.24) is 14.9 Å². The SMILES string of the molecule is CCN(CCOC)Cc1cc(C(=O)Nc2nc3c(OC)ccc(N4CCOCC4)c3s2)ccn1. The number of hydrogen-bond donors (Lipinski definition) is 1. The van der Waals surface area contributed by atoms with E-state index >= 15 is 0 Å². The standard InChI is InChI=1S/C24H31N5O4S/c1-4-28(9-12-31-2)16-18-15-17(7-8-25-18)23(30)27-24-26-21-20(32-3)6-5-19(22(21)34-24)29-10-13-33-14-11-29/h5-8,15H,4,9-14,16H2,1-3H3,(H,26,27,30). The number of rotatable bonds is 10. The summed E-state index contributed by atoms with van der Waals surface area (Å²) < 4.78 is 17.2. The van der Waals surface area contributed by atoms with Gasteiger partial charge in [0.25, 0.3) is 5.91 Å². The lowest BCUT2D eigenvalue weighted by molar-refractivity contribution is 0.102. The number of aromatic nitrogens is 2. The maximum absolute atomic E-state index is 13.0. The van der Waals surface area contributed by atoms with Crippen LogP contribution in [-0.2, 0) is 16.0 Å². The van der Waals surface area contributed by atoms with E-state index in [2.05, 4.69) is 38.1 Å². The van der Waals surface area contributed by atoms with E-state index in [1.807, 2.05) is 12.1 Å². The summed E-state index contributed by atoms with van der Waals surface area (Å²) in [7, 11) is 3.32. The summed E-state index contributed by atoms with van der Waals surface area (Å²) in [4.78, 5) is 26.7. The number of ether oxygens (including phenoxy) is 3. The third kappa shape index (κ3) is 5.64. The van der Waals surface area contributed by atoms with Gasteiger partial charge in [0.1, 0.15) is 11.3 Å². The molecule has 1 fully saturated rings.